The van der Waals surface area contributed by atoms with E-state index in [-0.39, 0.29) is 0 Å². The Bertz CT molecular complexity index is 508. The van der Waals surface area contributed by atoms with Crippen molar-refractivity contribution in [1.29, 1.82) is 5.26 Å². The topological polar surface area (TPSA) is 43.2 Å². The second-order valence-corrected chi connectivity index (χ2v) is 6.05. The van der Waals surface area contributed by atoms with Crippen LogP contribution in [0.2, 0.25) is 0 Å². The van der Waals surface area contributed by atoms with Crippen LogP contribution in [0.3, 0.4) is 0 Å². The molecule has 0 amide bonds. The molecule has 0 unspecified atom stereocenters. The molecule has 20 heavy (non-hydrogen) atoms. The number of nitriles is 1. The highest BCUT2D eigenvalue weighted by Crippen LogP contribution is 2.28. The fourth-order valence-electron chi connectivity index (χ4n) is 3.07. The molecule has 0 spiro atoms. The summed E-state index contributed by atoms with van der Waals surface area (Å²) in [6.45, 7) is 7.16. The van der Waals surface area contributed by atoms with Gasteiger partial charge >= 0.3 is 0 Å². The molecule has 1 aromatic heterocycles. The predicted octanol–water partition coefficient (Wildman–Crippen LogP) is 2.35. The Hall–Kier alpha value is -1.60. The van der Waals surface area contributed by atoms with E-state index in [4.69, 9.17) is 0 Å². The lowest BCUT2D eigenvalue weighted by atomic mass is 9.95. The zero-order chi connectivity index (χ0) is 14.7. The number of anilines is 1. The normalized spacial score (nSPS) is 16.5. The van der Waals surface area contributed by atoms with Crippen LogP contribution in [0.4, 0.5) is 5.69 Å². The van der Waals surface area contributed by atoms with Gasteiger partial charge in [-0.1, -0.05) is 0 Å². The van der Waals surface area contributed by atoms with Crippen molar-refractivity contribution < 1.29 is 0 Å². The first-order chi connectivity index (χ1) is 9.51. The molecule has 0 bridgehead atoms. The fourth-order valence-corrected chi connectivity index (χ4v) is 3.07. The molecular weight excluding hydrogens is 248 g/mol. The highest BCUT2D eigenvalue weighted by Gasteiger charge is 2.22. The molecule has 1 aliphatic rings. The fraction of sp³-hybridized carbons (Fsp3) is 0.625. The van der Waals surface area contributed by atoms with Gasteiger partial charge in [-0.05, 0) is 52.8 Å². The van der Waals surface area contributed by atoms with E-state index in [0.29, 0.717) is 0 Å². The first kappa shape index (κ1) is 14.8. The quantitative estimate of drug-likeness (QED) is 0.847. The molecule has 0 saturated carbocycles. The smallest absolute Gasteiger partial charge is 0.103 e. The predicted molar refractivity (Wildman–Crippen MR) is 81.9 cm³/mol. The van der Waals surface area contributed by atoms with Crippen LogP contribution in [0.1, 0.15) is 29.8 Å². The number of aryl methyl sites for hydroxylation is 2. The molecule has 0 N–H and O–H groups in total. The van der Waals surface area contributed by atoms with E-state index in [1.807, 2.05) is 13.8 Å². The number of piperidine rings is 1. The van der Waals surface area contributed by atoms with Gasteiger partial charge in [-0.3, -0.25) is 4.98 Å². The maximum Gasteiger partial charge on any atom is 0.103 e. The molecule has 0 aliphatic carbocycles. The van der Waals surface area contributed by atoms with Crippen LogP contribution in [0, 0.1) is 31.1 Å². The maximum atomic E-state index is 9.37. The number of rotatable bonds is 3. The maximum absolute atomic E-state index is 9.37. The molecule has 0 aromatic carbocycles. The number of hydrogen-bond acceptors (Lipinski definition) is 4. The average Bonchev–Trinajstić information content (AvgIpc) is 2.38. The van der Waals surface area contributed by atoms with Crippen molar-refractivity contribution in [3.63, 3.8) is 0 Å². The molecule has 2 heterocycles. The van der Waals surface area contributed by atoms with E-state index >= 15 is 0 Å². The Labute approximate surface area is 122 Å². The number of nitrogens with zero attached hydrogens (tertiary/aromatic N) is 4. The molecule has 4 nitrogen and oxygen atoms in total. The third kappa shape index (κ3) is 3.29. The molecule has 0 radical (unpaired) electrons. The van der Waals surface area contributed by atoms with Crippen LogP contribution >= 0.6 is 0 Å². The van der Waals surface area contributed by atoms with Gasteiger partial charge in [-0.15, -0.1) is 0 Å². The highest BCUT2D eigenvalue weighted by atomic mass is 15.1. The summed E-state index contributed by atoms with van der Waals surface area (Å²) in [5.74, 6) is 0.774. The second kappa shape index (κ2) is 6.23. The van der Waals surface area contributed by atoms with Gasteiger partial charge in [-0.25, -0.2) is 0 Å². The third-order valence-electron chi connectivity index (χ3n) is 4.00. The Kier molecular flexibility index (Phi) is 4.61. The highest BCUT2D eigenvalue weighted by molar-refractivity contribution is 5.61. The largest absolute Gasteiger partial charge is 0.370 e. The van der Waals surface area contributed by atoms with Crippen LogP contribution < -0.4 is 4.90 Å². The minimum absolute atomic E-state index is 0.738. The second-order valence-electron chi connectivity index (χ2n) is 6.05. The summed E-state index contributed by atoms with van der Waals surface area (Å²) in [4.78, 5) is 9.02. The standard InChI is InChI=1S/C16H24N4/c1-12-9-16(15(10-17)13(2)18-12)20-7-5-14(6-8-20)11-19(3)4/h9,14H,5-8,11H2,1-4H3. The summed E-state index contributed by atoms with van der Waals surface area (Å²) in [5.41, 5.74) is 3.65. The van der Waals surface area contributed by atoms with Crippen molar-refractivity contribution in [1.82, 2.24) is 9.88 Å². The minimum Gasteiger partial charge on any atom is -0.370 e. The first-order valence-corrected chi connectivity index (χ1v) is 7.29. The van der Waals surface area contributed by atoms with Gasteiger partial charge in [0.15, 0.2) is 0 Å². The molecule has 1 fully saturated rings. The van der Waals surface area contributed by atoms with Crippen molar-refractivity contribution in [3.05, 3.63) is 23.0 Å². The molecule has 1 aromatic rings. The number of aromatic nitrogens is 1. The summed E-state index contributed by atoms with van der Waals surface area (Å²) >= 11 is 0. The zero-order valence-corrected chi connectivity index (χ0v) is 13.0. The summed E-state index contributed by atoms with van der Waals surface area (Å²) in [5, 5.41) is 9.37. The van der Waals surface area contributed by atoms with Gasteiger partial charge in [0.1, 0.15) is 6.07 Å². The Morgan fingerprint density at radius 1 is 1.35 bits per heavy atom. The lowest BCUT2D eigenvalue weighted by Gasteiger charge is -2.35. The SMILES string of the molecule is Cc1cc(N2CCC(CN(C)C)CC2)c(C#N)c(C)n1. The summed E-state index contributed by atoms with van der Waals surface area (Å²) in [6, 6.07) is 4.37. The van der Waals surface area contributed by atoms with Gasteiger partial charge in [0.25, 0.3) is 0 Å². The monoisotopic (exact) mass is 272 g/mol. The lowest BCUT2D eigenvalue weighted by Crippen LogP contribution is -2.37. The molecule has 0 atom stereocenters. The third-order valence-corrected chi connectivity index (χ3v) is 4.00. The summed E-state index contributed by atoms with van der Waals surface area (Å²) in [6.07, 6.45) is 2.40. The van der Waals surface area contributed by atoms with Crippen molar-refractivity contribution in [3.8, 4) is 6.07 Å². The van der Waals surface area contributed by atoms with Gasteiger partial charge in [0.05, 0.1) is 16.9 Å². The van der Waals surface area contributed by atoms with Gasteiger partial charge in [-0.2, -0.15) is 5.26 Å². The van der Waals surface area contributed by atoms with Crippen molar-refractivity contribution >= 4 is 5.69 Å². The average molecular weight is 272 g/mol. The van der Waals surface area contributed by atoms with Crippen LogP contribution in [0.25, 0.3) is 0 Å². The van der Waals surface area contributed by atoms with Gasteiger partial charge in [0.2, 0.25) is 0 Å². The van der Waals surface area contributed by atoms with Crippen molar-refractivity contribution in [2.24, 2.45) is 5.92 Å². The first-order valence-electron chi connectivity index (χ1n) is 7.29. The Balaban J connectivity index is 2.13. The molecular formula is C16H24N4. The minimum atomic E-state index is 0.738. The lowest BCUT2D eigenvalue weighted by molar-refractivity contribution is 0.285. The van der Waals surface area contributed by atoms with Crippen molar-refractivity contribution in [2.45, 2.75) is 26.7 Å². The molecule has 1 saturated heterocycles. The van der Waals surface area contributed by atoms with E-state index in [0.717, 1.165) is 48.2 Å². The van der Waals surface area contributed by atoms with Crippen LogP contribution in [-0.4, -0.2) is 43.6 Å². The molecule has 4 heteroatoms. The van der Waals surface area contributed by atoms with E-state index in [2.05, 4.69) is 41.0 Å². The van der Waals surface area contributed by atoms with Crippen LogP contribution in [-0.2, 0) is 0 Å². The summed E-state index contributed by atoms with van der Waals surface area (Å²) < 4.78 is 0. The molecule has 1 aliphatic heterocycles. The van der Waals surface area contributed by atoms with Crippen LogP contribution in [0.5, 0.6) is 0 Å². The van der Waals surface area contributed by atoms with Crippen LogP contribution in [0.15, 0.2) is 6.07 Å². The molecule has 108 valence electrons. The van der Waals surface area contributed by atoms with Gasteiger partial charge in [0, 0.05) is 25.3 Å². The number of pyridine rings is 1. The van der Waals surface area contributed by atoms with Crippen molar-refractivity contribution in [2.75, 3.05) is 38.6 Å². The molecule has 2 rings (SSSR count). The van der Waals surface area contributed by atoms with Gasteiger partial charge < -0.3 is 9.80 Å². The Morgan fingerprint density at radius 3 is 2.55 bits per heavy atom. The number of hydrogen-bond donors (Lipinski definition) is 0. The van der Waals surface area contributed by atoms with E-state index < -0.39 is 0 Å². The zero-order valence-electron chi connectivity index (χ0n) is 13.0. The van der Waals surface area contributed by atoms with E-state index in [9.17, 15) is 5.26 Å². The Morgan fingerprint density at radius 2 is 2.00 bits per heavy atom. The summed E-state index contributed by atoms with van der Waals surface area (Å²) in [7, 11) is 4.27. The van der Waals surface area contributed by atoms with E-state index in [1.54, 1.807) is 0 Å². The van der Waals surface area contributed by atoms with E-state index in [1.165, 1.54) is 12.8 Å².